The average Bonchev–Trinajstić information content (AvgIpc) is 3.57. The first kappa shape index (κ1) is 62.6. The van der Waals surface area contributed by atoms with Crippen LogP contribution < -0.4 is 47.9 Å². The molecule has 9 N–H and O–H groups in total. The van der Waals surface area contributed by atoms with Gasteiger partial charge in [0, 0.05) is 63.8 Å². The molecule has 0 unspecified atom stereocenters. The van der Waals surface area contributed by atoms with Crippen LogP contribution in [0.3, 0.4) is 0 Å². The predicted molar refractivity (Wildman–Crippen MR) is 320 cm³/mol. The number of nitrogens with two attached hydrogens (primary N) is 3. The second kappa shape index (κ2) is 33.2. The largest absolute Gasteiger partial charge is 0.445 e. The van der Waals surface area contributed by atoms with Gasteiger partial charge in [-0.15, -0.1) is 0 Å². The minimum Gasteiger partial charge on any atom is -0.445 e. The van der Waals surface area contributed by atoms with Crippen LogP contribution in [0.15, 0.2) is 164 Å². The molecule has 0 fully saturated rings. The van der Waals surface area contributed by atoms with E-state index < -0.39 is 36.4 Å². The van der Waals surface area contributed by atoms with E-state index in [1.807, 2.05) is 164 Å². The summed E-state index contributed by atoms with van der Waals surface area (Å²) in [6, 6.07) is 49.1. The first-order valence-electron chi connectivity index (χ1n) is 27.9. The third-order valence-corrected chi connectivity index (χ3v) is 14.1. The Morgan fingerprint density at radius 2 is 0.610 bits per heavy atom. The van der Waals surface area contributed by atoms with Crippen molar-refractivity contribution in [2.75, 3.05) is 55.5 Å². The number of rotatable bonds is 30. The number of nitrogens with zero attached hydrogens (tertiary/aromatic N) is 3. The molecule has 0 saturated heterocycles. The van der Waals surface area contributed by atoms with Gasteiger partial charge in [0.05, 0.1) is 18.1 Å². The standard InChI is InChI=1S/C64H79N9O9/c1-71(59(74)55(65)25-13-16-40-68-62(77)80-43-46-19-7-4-8-20-46)52-34-28-49(29-35-52)58(50-30-36-53(37-31-50)72(2)60(75)56(66)26-14-17-41-69-63(78)81-44-47-21-9-5-10-22-47)51-32-38-54(39-33-51)73(3)61(76)57(67)27-15-18-42-70-64(79)82-45-48-23-11-6-12-24-48/h4-12,19-24,28-39,55-58H,13-18,25-27,40-45,65-67H2,1-3H3,(H,68,77)(H,69,78)(H,70,79)/t55-,56-,57-/m1/s1. The number of unbranched alkanes of at least 4 members (excludes halogenated alkanes) is 3. The van der Waals surface area contributed by atoms with E-state index in [4.69, 9.17) is 31.4 Å². The minimum absolute atomic E-state index is 0.178. The zero-order chi connectivity index (χ0) is 58.6. The average molecular weight is 1120 g/mol. The third kappa shape index (κ3) is 20.2. The zero-order valence-corrected chi connectivity index (χ0v) is 47.3. The van der Waals surface area contributed by atoms with Crippen molar-refractivity contribution < 1.29 is 43.0 Å². The number of anilines is 3. The lowest BCUT2D eigenvalue weighted by atomic mass is 9.85. The summed E-state index contributed by atoms with van der Waals surface area (Å²) in [5.74, 6) is -1.05. The molecular formula is C64H79N9O9. The van der Waals surface area contributed by atoms with E-state index >= 15 is 0 Å². The van der Waals surface area contributed by atoms with Crippen LogP contribution in [-0.4, -0.2) is 94.9 Å². The fraction of sp³-hybridized carbons (Fsp3) is 0.344. The molecule has 6 amide bonds. The van der Waals surface area contributed by atoms with Gasteiger partial charge in [-0.25, -0.2) is 14.4 Å². The van der Waals surface area contributed by atoms with E-state index in [1.165, 1.54) is 0 Å². The molecular weight excluding hydrogens is 1040 g/mol. The van der Waals surface area contributed by atoms with Crippen LogP contribution >= 0.6 is 0 Å². The monoisotopic (exact) mass is 1120 g/mol. The smallest absolute Gasteiger partial charge is 0.407 e. The van der Waals surface area contributed by atoms with Crippen molar-refractivity contribution in [1.29, 1.82) is 0 Å². The normalized spacial score (nSPS) is 12.0. The number of hydrogen-bond donors (Lipinski definition) is 6. The summed E-state index contributed by atoms with van der Waals surface area (Å²) in [6.45, 7) is 1.70. The third-order valence-electron chi connectivity index (χ3n) is 14.1. The van der Waals surface area contributed by atoms with E-state index in [1.54, 1.807) is 35.8 Å². The molecule has 18 heteroatoms. The molecule has 0 aromatic heterocycles. The van der Waals surface area contributed by atoms with Gasteiger partial charge in [-0.05, 0) is 128 Å². The van der Waals surface area contributed by atoms with Crippen LogP contribution in [0.2, 0.25) is 0 Å². The molecule has 6 aromatic rings. The summed E-state index contributed by atoms with van der Waals surface area (Å²) in [4.78, 5) is 81.8. The van der Waals surface area contributed by atoms with E-state index in [0.717, 1.165) is 33.4 Å². The second-order valence-electron chi connectivity index (χ2n) is 20.2. The van der Waals surface area contributed by atoms with Crippen molar-refractivity contribution in [3.8, 4) is 0 Å². The van der Waals surface area contributed by atoms with Crippen molar-refractivity contribution in [2.24, 2.45) is 17.2 Å². The van der Waals surface area contributed by atoms with Gasteiger partial charge in [-0.2, -0.15) is 0 Å². The molecule has 6 aromatic carbocycles. The summed E-state index contributed by atoms with van der Waals surface area (Å²) in [6.07, 6.45) is 3.49. The van der Waals surface area contributed by atoms with Crippen molar-refractivity contribution in [3.63, 3.8) is 0 Å². The molecule has 0 saturated carbocycles. The van der Waals surface area contributed by atoms with Gasteiger partial charge in [-0.3, -0.25) is 14.4 Å². The van der Waals surface area contributed by atoms with Crippen molar-refractivity contribution in [1.82, 2.24) is 16.0 Å². The Morgan fingerprint density at radius 3 is 0.854 bits per heavy atom. The summed E-state index contributed by atoms with van der Waals surface area (Å²) in [7, 11) is 5.08. The van der Waals surface area contributed by atoms with Crippen LogP contribution in [-0.2, 0) is 48.4 Å². The predicted octanol–water partition coefficient (Wildman–Crippen LogP) is 9.03. The highest BCUT2D eigenvalue weighted by atomic mass is 16.6. The first-order chi connectivity index (χ1) is 39.7. The molecule has 0 radical (unpaired) electrons. The van der Waals surface area contributed by atoms with Crippen LogP contribution in [0.25, 0.3) is 0 Å². The maximum Gasteiger partial charge on any atom is 0.407 e. The lowest BCUT2D eigenvalue weighted by molar-refractivity contribution is -0.120. The van der Waals surface area contributed by atoms with E-state index in [9.17, 15) is 28.8 Å². The number of carbonyl (C=O) groups is 6. The van der Waals surface area contributed by atoms with Gasteiger partial charge in [0.25, 0.3) is 0 Å². The van der Waals surface area contributed by atoms with Gasteiger partial charge in [0.1, 0.15) is 19.8 Å². The van der Waals surface area contributed by atoms with Crippen LogP contribution in [0, 0.1) is 0 Å². The van der Waals surface area contributed by atoms with Gasteiger partial charge >= 0.3 is 18.3 Å². The molecule has 0 aliphatic heterocycles. The minimum atomic E-state index is -0.755. The second-order valence-corrected chi connectivity index (χ2v) is 20.2. The lowest BCUT2D eigenvalue weighted by Crippen LogP contribution is -2.42. The summed E-state index contributed by atoms with van der Waals surface area (Å²) >= 11 is 0. The Balaban J connectivity index is 1.05. The quantitative estimate of drug-likeness (QED) is 0.0140. The molecule has 6 rings (SSSR count). The number of ether oxygens (including phenoxy) is 3. The SMILES string of the molecule is CN(C(=O)[C@H](N)CCCCNC(=O)OCc1ccccc1)c1ccc(C(c2ccc(N(C)C(=O)[C@H](N)CCCCNC(=O)OCc3ccccc3)cc2)c2ccc(N(C)C(=O)[C@H](N)CCCCNC(=O)OCc3ccccc3)cc2)cc1. The molecule has 0 aliphatic carbocycles. The number of carbonyl (C=O) groups excluding carboxylic acids is 6. The fourth-order valence-electron chi connectivity index (χ4n) is 9.11. The van der Waals surface area contributed by atoms with Gasteiger partial charge < -0.3 is 62.1 Å². The molecule has 434 valence electrons. The Bertz CT molecular complexity index is 2600. The maximum absolute atomic E-state index is 13.6. The molecule has 0 spiro atoms. The number of nitrogens with one attached hydrogen (secondary N) is 3. The molecule has 0 heterocycles. The highest BCUT2D eigenvalue weighted by Gasteiger charge is 2.25. The summed E-state index contributed by atoms with van der Waals surface area (Å²) in [5.41, 5.74) is 26.6. The van der Waals surface area contributed by atoms with Gasteiger partial charge in [-0.1, -0.05) is 127 Å². The maximum atomic E-state index is 13.6. The summed E-state index contributed by atoms with van der Waals surface area (Å²) in [5, 5.41) is 8.24. The van der Waals surface area contributed by atoms with Crippen LogP contribution in [0.1, 0.15) is 97.1 Å². The molecule has 82 heavy (non-hydrogen) atoms. The Labute approximate surface area is 481 Å². The molecule has 0 bridgehead atoms. The Hall–Kier alpha value is -8.58. The van der Waals surface area contributed by atoms with Crippen LogP contribution in [0.5, 0.6) is 0 Å². The first-order valence-corrected chi connectivity index (χ1v) is 27.9. The summed E-state index contributed by atoms with van der Waals surface area (Å²) < 4.78 is 15.8. The topological polar surface area (TPSA) is 254 Å². The molecule has 18 nitrogen and oxygen atoms in total. The molecule has 3 atom stereocenters. The van der Waals surface area contributed by atoms with E-state index in [-0.39, 0.29) is 43.5 Å². The lowest BCUT2D eigenvalue weighted by Gasteiger charge is -2.25. The Morgan fingerprint density at radius 1 is 0.366 bits per heavy atom. The number of alkyl carbamates (subject to hydrolysis) is 3. The molecule has 0 aliphatic rings. The van der Waals surface area contributed by atoms with E-state index in [0.29, 0.717) is 94.5 Å². The highest BCUT2D eigenvalue weighted by molar-refractivity contribution is 5.98. The van der Waals surface area contributed by atoms with Crippen molar-refractivity contribution in [2.45, 2.75) is 102 Å². The van der Waals surface area contributed by atoms with Gasteiger partial charge in [0.15, 0.2) is 0 Å². The van der Waals surface area contributed by atoms with Crippen LogP contribution in [0.4, 0.5) is 31.4 Å². The number of amides is 6. The Kier molecular flexibility index (Phi) is 25.4. The van der Waals surface area contributed by atoms with Crippen molar-refractivity contribution >= 4 is 53.1 Å². The van der Waals surface area contributed by atoms with Crippen molar-refractivity contribution in [3.05, 3.63) is 197 Å². The van der Waals surface area contributed by atoms with Gasteiger partial charge in [0.2, 0.25) is 17.7 Å². The number of hydrogen-bond acceptors (Lipinski definition) is 12. The number of likely N-dealkylation sites (N-methyl/N-ethyl adjacent to an activating group) is 3. The van der Waals surface area contributed by atoms with E-state index in [2.05, 4.69) is 16.0 Å². The number of benzene rings is 6. The highest BCUT2D eigenvalue weighted by Crippen LogP contribution is 2.35. The fourth-order valence-corrected chi connectivity index (χ4v) is 9.11. The zero-order valence-electron chi connectivity index (χ0n) is 47.3.